The Hall–Kier alpha value is -1.90. The van der Waals surface area contributed by atoms with Crippen LogP contribution < -0.4 is 5.32 Å². The van der Waals surface area contributed by atoms with Gasteiger partial charge in [0.25, 0.3) is 5.91 Å². The highest BCUT2D eigenvalue weighted by molar-refractivity contribution is 5.95. The van der Waals surface area contributed by atoms with Crippen molar-refractivity contribution in [2.45, 2.75) is 0 Å². The first kappa shape index (κ1) is 10.2. The molecule has 0 fully saturated rings. The van der Waals surface area contributed by atoms with Crippen LogP contribution in [0.15, 0.2) is 49.2 Å². The number of rotatable bonds is 3. The van der Waals surface area contributed by atoms with E-state index in [0.717, 1.165) is 0 Å². The molecule has 0 atom stereocenters. The fraction of sp³-hybridized carbons (Fsp3) is 0. The Balaban J connectivity index is 2.85. The first-order valence-corrected chi connectivity index (χ1v) is 4.02. The number of carbonyl (C=O) groups excluding carboxylic acids is 1. The average Bonchev–Trinajstić information content (AvgIpc) is 2.18. The van der Waals surface area contributed by atoms with Gasteiger partial charge in [-0.3, -0.25) is 4.79 Å². The molecular formula is C11H10FNO. The molecule has 1 aromatic rings. The van der Waals surface area contributed by atoms with Gasteiger partial charge in [0, 0.05) is 5.70 Å². The molecule has 1 aromatic carbocycles. The zero-order valence-corrected chi connectivity index (χ0v) is 7.59. The second-order valence-corrected chi connectivity index (χ2v) is 2.66. The van der Waals surface area contributed by atoms with Crippen LogP contribution in [0, 0.1) is 5.82 Å². The summed E-state index contributed by atoms with van der Waals surface area (Å²) < 4.78 is 13.1. The van der Waals surface area contributed by atoms with Crippen molar-refractivity contribution in [2.24, 2.45) is 0 Å². The molecule has 2 nitrogen and oxygen atoms in total. The Morgan fingerprint density at radius 3 is 2.64 bits per heavy atom. The summed E-state index contributed by atoms with van der Waals surface area (Å²) in [5, 5.41) is 2.40. The van der Waals surface area contributed by atoms with E-state index in [2.05, 4.69) is 18.5 Å². The molecule has 1 rings (SSSR count). The molecule has 3 heteroatoms. The minimum atomic E-state index is -0.554. The van der Waals surface area contributed by atoms with Gasteiger partial charge >= 0.3 is 0 Å². The topological polar surface area (TPSA) is 29.1 Å². The molecule has 0 aliphatic carbocycles. The number of benzene rings is 1. The van der Waals surface area contributed by atoms with Crippen LogP contribution in [0.25, 0.3) is 0 Å². The summed E-state index contributed by atoms with van der Waals surface area (Å²) in [5.41, 5.74) is 0.341. The lowest BCUT2D eigenvalue weighted by molar-refractivity contribution is 0.0963. The maximum absolute atomic E-state index is 13.1. The Bertz CT molecular complexity index is 385. The number of nitrogens with one attached hydrogen (secondary N) is 1. The van der Waals surface area contributed by atoms with E-state index in [1.165, 1.54) is 24.3 Å². The first-order valence-electron chi connectivity index (χ1n) is 4.02. The Kier molecular flexibility index (Phi) is 3.18. The first-order chi connectivity index (χ1) is 6.65. The third-order valence-corrected chi connectivity index (χ3v) is 1.64. The van der Waals surface area contributed by atoms with Crippen LogP contribution in [0.5, 0.6) is 0 Å². The molecule has 72 valence electrons. The second-order valence-electron chi connectivity index (χ2n) is 2.66. The van der Waals surface area contributed by atoms with Crippen LogP contribution >= 0.6 is 0 Å². The van der Waals surface area contributed by atoms with E-state index in [0.29, 0.717) is 5.70 Å². The molecule has 0 aromatic heterocycles. The van der Waals surface area contributed by atoms with E-state index in [1.807, 2.05) is 0 Å². The highest BCUT2D eigenvalue weighted by Crippen LogP contribution is 2.06. The highest BCUT2D eigenvalue weighted by atomic mass is 19.1. The molecular weight excluding hydrogens is 181 g/mol. The molecule has 1 amide bonds. The van der Waals surface area contributed by atoms with Crippen LogP contribution in [0.2, 0.25) is 0 Å². The zero-order chi connectivity index (χ0) is 10.6. The van der Waals surface area contributed by atoms with Crippen LogP contribution in [0.1, 0.15) is 10.4 Å². The molecule has 14 heavy (non-hydrogen) atoms. The van der Waals surface area contributed by atoms with E-state index in [9.17, 15) is 9.18 Å². The Morgan fingerprint density at radius 1 is 1.43 bits per heavy atom. The lowest BCUT2D eigenvalue weighted by atomic mass is 10.2. The van der Waals surface area contributed by atoms with Crippen molar-refractivity contribution in [1.29, 1.82) is 0 Å². The molecule has 0 radical (unpaired) electrons. The van der Waals surface area contributed by atoms with Crippen molar-refractivity contribution >= 4 is 5.91 Å². The minimum Gasteiger partial charge on any atom is -0.322 e. The summed E-state index contributed by atoms with van der Waals surface area (Å²) in [6, 6.07) is 5.75. The van der Waals surface area contributed by atoms with E-state index >= 15 is 0 Å². The van der Waals surface area contributed by atoms with Gasteiger partial charge in [-0.1, -0.05) is 25.3 Å². The molecule has 0 saturated carbocycles. The summed E-state index contributed by atoms with van der Waals surface area (Å²) in [4.78, 5) is 11.4. The van der Waals surface area contributed by atoms with E-state index in [-0.39, 0.29) is 5.56 Å². The van der Waals surface area contributed by atoms with Gasteiger partial charge in [-0.2, -0.15) is 0 Å². The van der Waals surface area contributed by atoms with Crippen molar-refractivity contribution in [1.82, 2.24) is 5.32 Å². The number of allylic oxidation sites excluding steroid dienone is 1. The van der Waals surface area contributed by atoms with Crippen LogP contribution in [0.4, 0.5) is 4.39 Å². The number of carbonyl (C=O) groups is 1. The van der Waals surface area contributed by atoms with Gasteiger partial charge in [-0.05, 0) is 18.2 Å². The van der Waals surface area contributed by atoms with Gasteiger partial charge < -0.3 is 5.32 Å². The quantitative estimate of drug-likeness (QED) is 0.729. The molecule has 0 heterocycles. The maximum atomic E-state index is 13.1. The average molecular weight is 191 g/mol. The fourth-order valence-electron chi connectivity index (χ4n) is 0.910. The molecule has 1 N–H and O–H groups in total. The number of halogens is 1. The van der Waals surface area contributed by atoms with Gasteiger partial charge in [-0.25, -0.2) is 4.39 Å². The van der Waals surface area contributed by atoms with E-state index in [4.69, 9.17) is 0 Å². The molecule has 0 bridgehead atoms. The van der Waals surface area contributed by atoms with Crippen molar-refractivity contribution in [3.63, 3.8) is 0 Å². The number of amides is 1. The predicted octanol–water partition coefficient (Wildman–Crippen LogP) is 2.26. The molecule has 0 saturated heterocycles. The Morgan fingerprint density at radius 2 is 2.07 bits per heavy atom. The predicted molar refractivity (Wildman–Crippen MR) is 53.2 cm³/mol. The normalized spacial score (nSPS) is 9.21. The summed E-state index contributed by atoms with van der Waals surface area (Å²) in [5.74, 6) is -1.07. The van der Waals surface area contributed by atoms with Crippen molar-refractivity contribution in [3.8, 4) is 0 Å². The fourth-order valence-corrected chi connectivity index (χ4v) is 0.910. The summed E-state index contributed by atoms with van der Waals surface area (Å²) in [6.07, 6.45) is 1.39. The lowest BCUT2D eigenvalue weighted by Crippen LogP contribution is -2.22. The molecule has 0 aliphatic heterocycles. The van der Waals surface area contributed by atoms with Crippen LogP contribution in [0.3, 0.4) is 0 Å². The summed E-state index contributed by atoms with van der Waals surface area (Å²) >= 11 is 0. The molecule has 0 aliphatic rings. The number of hydrogen-bond acceptors (Lipinski definition) is 1. The van der Waals surface area contributed by atoms with Gasteiger partial charge in [0.2, 0.25) is 0 Å². The van der Waals surface area contributed by atoms with Crippen LogP contribution in [-0.2, 0) is 0 Å². The van der Waals surface area contributed by atoms with Crippen LogP contribution in [-0.4, -0.2) is 5.91 Å². The largest absolute Gasteiger partial charge is 0.322 e. The third kappa shape index (κ3) is 2.29. The second kappa shape index (κ2) is 4.37. The van der Waals surface area contributed by atoms with Gasteiger partial charge in [0.15, 0.2) is 0 Å². The van der Waals surface area contributed by atoms with Gasteiger partial charge in [-0.15, -0.1) is 0 Å². The maximum Gasteiger partial charge on any atom is 0.258 e. The summed E-state index contributed by atoms with van der Waals surface area (Å²) in [6.45, 7) is 6.92. The Labute approximate surface area is 81.8 Å². The lowest BCUT2D eigenvalue weighted by Gasteiger charge is -2.04. The summed E-state index contributed by atoms with van der Waals surface area (Å²) in [7, 11) is 0. The van der Waals surface area contributed by atoms with Crippen molar-refractivity contribution < 1.29 is 9.18 Å². The van der Waals surface area contributed by atoms with E-state index < -0.39 is 11.7 Å². The number of hydrogen-bond donors (Lipinski definition) is 1. The minimum absolute atomic E-state index is 0.00417. The van der Waals surface area contributed by atoms with Gasteiger partial charge in [0.1, 0.15) is 5.82 Å². The highest BCUT2D eigenvalue weighted by Gasteiger charge is 2.09. The van der Waals surface area contributed by atoms with E-state index in [1.54, 1.807) is 6.07 Å². The standard InChI is InChI=1S/C11H10FNO/c1-3-8(2)13-11(14)9-6-4-5-7-10(9)12/h3-7H,1-2H2,(H,13,14). The smallest absolute Gasteiger partial charge is 0.258 e. The SMILES string of the molecule is C=CC(=C)NC(=O)c1ccccc1F. The third-order valence-electron chi connectivity index (χ3n) is 1.64. The molecule has 0 unspecified atom stereocenters. The monoisotopic (exact) mass is 191 g/mol. The molecule has 0 spiro atoms. The zero-order valence-electron chi connectivity index (χ0n) is 7.59. The van der Waals surface area contributed by atoms with Gasteiger partial charge in [0.05, 0.1) is 5.56 Å². The van der Waals surface area contributed by atoms with Crippen molar-refractivity contribution in [2.75, 3.05) is 0 Å². The van der Waals surface area contributed by atoms with Crippen molar-refractivity contribution in [3.05, 3.63) is 60.6 Å².